The Balaban J connectivity index is 1.43. The fourth-order valence-corrected chi connectivity index (χ4v) is 3.33. The molecule has 4 rings (SSSR count). The lowest BCUT2D eigenvalue weighted by Crippen LogP contribution is -2.18. The highest BCUT2D eigenvalue weighted by atomic mass is 16.5. The number of hydrogen-bond acceptors (Lipinski definition) is 5. The summed E-state index contributed by atoms with van der Waals surface area (Å²) in [5.74, 6) is 0.475. The average Bonchev–Trinajstić information content (AvgIpc) is 3.32. The molecule has 0 amide bonds. The van der Waals surface area contributed by atoms with E-state index in [2.05, 4.69) is 6.07 Å². The Kier molecular flexibility index (Phi) is 6.07. The topological polar surface area (TPSA) is 68.5 Å². The van der Waals surface area contributed by atoms with Crippen LogP contribution in [-0.4, -0.2) is 25.3 Å². The van der Waals surface area contributed by atoms with Crippen LogP contribution >= 0.6 is 0 Å². The van der Waals surface area contributed by atoms with Gasteiger partial charge < -0.3 is 14.2 Å². The van der Waals surface area contributed by atoms with Crippen molar-refractivity contribution in [2.45, 2.75) is 18.9 Å². The summed E-state index contributed by atoms with van der Waals surface area (Å²) in [7, 11) is 0. The van der Waals surface area contributed by atoms with E-state index in [1.165, 1.54) is 0 Å². The quantitative estimate of drug-likeness (QED) is 0.431. The Morgan fingerprint density at radius 1 is 1.00 bits per heavy atom. The molecule has 1 unspecified atom stereocenters. The largest absolute Gasteiger partial charge is 0.490 e. The van der Waals surface area contributed by atoms with E-state index < -0.39 is 5.97 Å². The van der Waals surface area contributed by atoms with Crippen LogP contribution in [0.1, 0.15) is 28.8 Å². The molecule has 5 nitrogen and oxygen atoms in total. The van der Waals surface area contributed by atoms with E-state index in [1.807, 2.05) is 30.3 Å². The number of ether oxygens (including phenoxy) is 3. The predicted molar refractivity (Wildman–Crippen MR) is 112 cm³/mol. The average molecular weight is 399 g/mol. The fraction of sp³-hybridized carbons (Fsp3) is 0.200. The lowest BCUT2D eigenvalue weighted by Gasteiger charge is -2.14. The third kappa shape index (κ3) is 4.68. The summed E-state index contributed by atoms with van der Waals surface area (Å²) in [6, 6.07) is 23.8. The molecule has 3 aromatic carbocycles. The van der Waals surface area contributed by atoms with Crippen molar-refractivity contribution in [1.29, 1.82) is 5.26 Å². The van der Waals surface area contributed by atoms with Crippen molar-refractivity contribution >= 4 is 5.97 Å². The summed E-state index contributed by atoms with van der Waals surface area (Å²) in [5, 5.41) is 8.91. The second kappa shape index (κ2) is 9.25. The van der Waals surface area contributed by atoms with Crippen LogP contribution in [0.3, 0.4) is 0 Å². The minimum Gasteiger partial charge on any atom is -0.490 e. The number of esters is 1. The van der Waals surface area contributed by atoms with E-state index in [4.69, 9.17) is 19.5 Å². The van der Waals surface area contributed by atoms with Crippen LogP contribution in [0, 0.1) is 11.3 Å². The molecule has 5 heteroatoms. The first-order valence-corrected chi connectivity index (χ1v) is 9.89. The van der Waals surface area contributed by atoms with Gasteiger partial charge in [0.2, 0.25) is 0 Å². The molecule has 0 radical (unpaired) electrons. The Hall–Kier alpha value is -3.62. The SMILES string of the molecule is N#Cc1ccc(-c2ccc(OC(=O)c3ccccc3OCC3CCCO3)cc2)cc1. The van der Waals surface area contributed by atoms with E-state index in [-0.39, 0.29) is 6.10 Å². The minimum absolute atomic E-state index is 0.0730. The van der Waals surface area contributed by atoms with E-state index >= 15 is 0 Å². The maximum absolute atomic E-state index is 12.7. The van der Waals surface area contributed by atoms with Gasteiger partial charge in [0.15, 0.2) is 0 Å². The highest BCUT2D eigenvalue weighted by Crippen LogP contribution is 2.25. The third-order valence-corrected chi connectivity index (χ3v) is 4.97. The molecule has 0 bridgehead atoms. The molecular weight excluding hydrogens is 378 g/mol. The Bertz CT molecular complexity index is 1050. The number of benzene rings is 3. The summed E-state index contributed by atoms with van der Waals surface area (Å²) < 4.78 is 16.9. The molecular formula is C25H21NO4. The predicted octanol–water partition coefficient (Wildman–Crippen LogP) is 5.00. The maximum atomic E-state index is 12.7. The Labute approximate surface area is 175 Å². The number of hydrogen-bond donors (Lipinski definition) is 0. The lowest BCUT2D eigenvalue weighted by molar-refractivity contribution is 0.0644. The van der Waals surface area contributed by atoms with Crippen molar-refractivity contribution in [3.05, 3.63) is 83.9 Å². The van der Waals surface area contributed by atoms with Gasteiger partial charge in [-0.1, -0.05) is 36.4 Å². The molecule has 3 aromatic rings. The molecule has 1 saturated heterocycles. The van der Waals surface area contributed by atoms with E-state index in [1.54, 1.807) is 42.5 Å². The summed E-state index contributed by atoms with van der Waals surface area (Å²) in [4.78, 5) is 12.7. The fourth-order valence-electron chi connectivity index (χ4n) is 3.33. The van der Waals surface area contributed by atoms with Crippen LogP contribution in [0.4, 0.5) is 0 Å². The monoisotopic (exact) mass is 399 g/mol. The Morgan fingerprint density at radius 2 is 1.70 bits per heavy atom. The van der Waals surface area contributed by atoms with Crippen LogP contribution in [0.25, 0.3) is 11.1 Å². The van der Waals surface area contributed by atoms with Gasteiger partial charge in [0.1, 0.15) is 23.7 Å². The standard InChI is InChI=1S/C25H21NO4/c26-16-18-7-9-19(10-8-18)20-11-13-21(14-12-20)30-25(27)23-5-1-2-6-24(23)29-17-22-4-3-15-28-22/h1-2,5-14,22H,3-4,15,17H2. The molecule has 1 aliphatic heterocycles. The van der Waals surface area contributed by atoms with E-state index in [0.717, 1.165) is 30.6 Å². The molecule has 0 saturated carbocycles. The zero-order valence-corrected chi connectivity index (χ0v) is 16.4. The maximum Gasteiger partial charge on any atom is 0.347 e. The lowest BCUT2D eigenvalue weighted by atomic mass is 10.0. The molecule has 0 aliphatic carbocycles. The molecule has 1 aliphatic rings. The van der Waals surface area contributed by atoms with Gasteiger partial charge in [-0.25, -0.2) is 4.79 Å². The smallest absolute Gasteiger partial charge is 0.347 e. The number of carbonyl (C=O) groups is 1. The Morgan fingerprint density at radius 3 is 2.37 bits per heavy atom. The molecule has 1 fully saturated rings. The number of rotatable bonds is 6. The van der Waals surface area contributed by atoms with Gasteiger partial charge >= 0.3 is 5.97 Å². The van der Waals surface area contributed by atoms with Crippen molar-refractivity contribution in [3.8, 4) is 28.7 Å². The van der Waals surface area contributed by atoms with Crippen molar-refractivity contribution in [3.63, 3.8) is 0 Å². The zero-order valence-electron chi connectivity index (χ0n) is 16.4. The second-order valence-corrected chi connectivity index (χ2v) is 7.05. The van der Waals surface area contributed by atoms with Crippen molar-refractivity contribution in [2.24, 2.45) is 0 Å². The van der Waals surface area contributed by atoms with Crippen LogP contribution in [-0.2, 0) is 4.74 Å². The second-order valence-electron chi connectivity index (χ2n) is 7.05. The van der Waals surface area contributed by atoms with Gasteiger partial charge in [-0.3, -0.25) is 0 Å². The van der Waals surface area contributed by atoms with Crippen LogP contribution in [0.5, 0.6) is 11.5 Å². The van der Waals surface area contributed by atoms with Gasteiger partial charge in [-0.15, -0.1) is 0 Å². The summed E-state index contributed by atoms with van der Waals surface area (Å²) >= 11 is 0. The molecule has 150 valence electrons. The molecule has 0 aromatic heterocycles. The number of para-hydroxylation sites is 1. The molecule has 0 spiro atoms. The first-order chi connectivity index (χ1) is 14.7. The van der Waals surface area contributed by atoms with E-state index in [0.29, 0.717) is 29.2 Å². The normalized spacial score (nSPS) is 15.4. The molecule has 1 atom stereocenters. The first kappa shape index (κ1) is 19.7. The van der Waals surface area contributed by atoms with Crippen molar-refractivity contribution < 1.29 is 19.0 Å². The molecule has 0 N–H and O–H groups in total. The number of nitriles is 1. The summed E-state index contributed by atoms with van der Waals surface area (Å²) in [6.07, 6.45) is 2.08. The zero-order chi connectivity index (χ0) is 20.8. The highest BCUT2D eigenvalue weighted by Gasteiger charge is 2.19. The first-order valence-electron chi connectivity index (χ1n) is 9.89. The number of nitrogens with zero attached hydrogens (tertiary/aromatic N) is 1. The van der Waals surface area contributed by atoms with Crippen molar-refractivity contribution in [2.75, 3.05) is 13.2 Å². The summed E-state index contributed by atoms with van der Waals surface area (Å²) in [5.41, 5.74) is 2.95. The van der Waals surface area contributed by atoms with Gasteiger partial charge in [-0.05, 0) is 60.4 Å². The van der Waals surface area contributed by atoms with Crippen LogP contribution in [0.15, 0.2) is 72.8 Å². The molecule has 30 heavy (non-hydrogen) atoms. The van der Waals surface area contributed by atoms with Gasteiger partial charge in [0, 0.05) is 6.61 Å². The van der Waals surface area contributed by atoms with Crippen LogP contribution < -0.4 is 9.47 Å². The van der Waals surface area contributed by atoms with Gasteiger partial charge in [-0.2, -0.15) is 5.26 Å². The van der Waals surface area contributed by atoms with Crippen molar-refractivity contribution in [1.82, 2.24) is 0 Å². The van der Waals surface area contributed by atoms with E-state index in [9.17, 15) is 4.79 Å². The van der Waals surface area contributed by atoms with Gasteiger partial charge in [0.05, 0.1) is 17.7 Å². The third-order valence-electron chi connectivity index (χ3n) is 4.97. The highest BCUT2D eigenvalue weighted by molar-refractivity contribution is 5.94. The summed E-state index contributed by atoms with van der Waals surface area (Å²) in [6.45, 7) is 1.18. The van der Waals surface area contributed by atoms with Gasteiger partial charge in [0.25, 0.3) is 0 Å². The molecule has 1 heterocycles. The number of carbonyl (C=O) groups excluding carboxylic acids is 1. The van der Waals surface area contributed by atoms with Crippen LogP contribution in [0.2, 0.25) is 0 Å². The minimum atomic E-state index is -0.468.